The van der Waals surface area contributed by atoms with Gasteiger partial charge in [-0.2, -0.15) is 9.78 Å². The highest BCUT2D eigenvalue weighted by molar-refractivity contribution is 8.00. The van der Waals surface area contributed by atoms with Gasteiger partial charge in [0.2, 0.25) is 0 Å². The van der Waals surface area contributed by atoms with Crippen molar-refractivity contribution in [2.45, 2.75) is 68.9 Å². The third kappa shape index (κ3) is 4.36. The Morgan fingerprint density at radius 2 is 1.71 bits per heavy atom. The number of carbonyl (C=O) groups is 1. The van der Waals surface area contributed by atoms with Crippen LogP contribution in [-0.4, -0.2) is 20.9 Å². The second kappa shape index (κ2) is 9.44. The predicted molar refractivity (Wildman–Crippen MR) is 130 cm³/mol. The van der Waals surface area contributed by atoms with Crippen LogP contribution in [0.4, 0.5) is 0 Å². The second-order valence-corrected chi connectivity index (χ2v) is 10.2. The van der Waals surface area contributed by atoms with Crippen LogP contribution in [0.2, 0.25) is 0 Å². The standard InChI is InChI=1S/C27H32N2OS/c1-5-23(31-21-14-10-7-11-15-21)27(30)29-26(20-12-8-6-9-13-20)24-19(4)16-17-22(18(2)3)25(24)28-29/h6-15,18-19,22-23H,5,16-17H2,1-4H3/t19-,22+,23-/m1/s1. The van der Waals surface area contributed by atoms with Crippen LogP contribution in [0.3, 0.4) is 0 Å². The highest BCUT2D eigenvalue weighted by atomic mass is 32.2. The Morgan fingerprint density at radius 3 is 2.32 bits per heavy atom. The van der Waals surface area contributed by atoms with Gasteiger partial charge in [0.1, 0.15) is 0 Å². The fraction of sp³-hybridized carbons (Fsp3) is 0.407. The minimum atomic E-state index is -0.168. The summed E-state index contributed by atoms with van der Waals surface area (Å²) in [6.07, 6.45) is 3.05. The molecule has 3 atom stereocenters. The summed E-state index contributed by atoms with van der Waals surface area (Å²) in [5, 5.41) is 4.88. The van der Waals surface area contributed by atoms with Crippen molar-refractivity contribution in [1.29, 1.82) is 0 Å². The van der Waals surface area contributed by atoms with Crippen LogP contribution < -0.4 is 0 Å². The molecule has 4 rings (SSSR count). The molecule has 1 heterocycles. The van der Waals surface area contributed by atoms with Gasteiger partial charge in [-0.3, -0.25) is 4.79 Å². The number of hydrogen-bond acceptors (Lipinski definition) is 3. The number of rotatable bonds is 6. The maximum atomic E-state index is 13.9. The topological polar surface area (TPSA) is 34.9 Å². The largest absolute Gasteiger partial charge is 0.271 e. The molecule has 2 aromatic carbocycles. The van der Waals surface area contributed by atoms with Gasteiger partial charge in [0.25, 0.3) is 5.91 Å². The lowest BCUT2D eigenvalue weighted by atomic mass is 9.75. The molecule has 0 saturated carbocycles. The summed E-state index contributed by atoms with van der Waals surface area (Å²) >= 11 is 1.64. The Labute approximate surface area is 190 Å². The lowest BCUT2D eigenvalue weighted by molar-refractivity contribution is 0.0894. The molecular formula is C27H32N2OS. The first kappa shape index (κ1) is 21.9. The molecule has 0 aliphatic heterocycles. The minimum Gasteiger partial charge on any atom is -0.271 e. The smallest absolute Gasteiger partial charge is 0.260 e. The van der Waals surface area contributed by atoms with E-state index in [0.717, 1.165) is 41.1 Å². The van der Waals surface area contributed by atoms with Crippen molar-refractivity contribution < 1.29 is 4.79 Å². The summed E-state index contributed by atoms with van der Waals surface area (Å²) in [6, 6.07) is 20.5. The van der Waals surface area contributed by atoms with Crippen LogP contribution in [0.5, 0.6) is 0 Å². The van der Waals surface area contributed by atoms with Crippen LogP contribution in [0.25, 0.3) is 11.3 Å². The number of hydrogen-bond donors (Lipinski definition) is 0. The summed E-state index contributed by atoms with van der Waals surface area (Å²) in [7, 11) is 0. The van der Waals surface area contributed by atoms with E-state index in [1.165, 1.54) is 5.56 Å². The number of thioether (sulfide) groups is 1. The molecule has 1 aromatic heterocycles. The Balaban J connectivity index is 1.83. The average molecular weight is 433 g/mol. The fourth-order valence-corrected chi connectivity index (χ4v) is 5.72. The van der Waals surface area contributed by atoms with Crippen LogP contribution in [-0.2, 0) is 0 Å². The number of fused-ring (bicyclic) bond motifs is 1. The summed E-state index contributed by atoms with van der Waals surface area (Å²) in [4.78, 5) is 15.0. The lowest BCUT2D eigenvalue weighted by Gasteiger charge is -2.28. The molecule has 1 aliphatic carbocycles. The summed E-state index contributed by atoms with van der Waals surface area (Å²) < 4.78 is 1.75. The quantitative estimate of drug-likeness (QED) is 0.381. The first-order valence-electron chi connectivity index (χ1n) is 11.4. The number of aromatic nitrogens is 2. The van der Waals surface area contributed by atoms with Crippen molar-refractivity contribution in [3.63, 3.8) is 0 Å². The van der Waals surface area contributed by atoms with E-state index in [4.69, 9.17) is 5.10 Å². The van der Waals surface area contributed by atoms with Gasteiger partial charge in [0, 0.05) is 21.9 Å². The molecule has 0 fully saturated rings. The van der Waals surface area contributed by atoms with Gasteiger partial charge in [-0.1, -0.05) is 76.2 Å². The van der Waals surface area contributed by atoms with Gasteiger partial charge < -0.3 is 0 Å². The van der Waals surface area contributed by atoms with E-state index in [1.54, 1.807) is 16.4 Å². The Morgan fingerprint density at radius 1 is 1.06 bits per heavy atom. The van der Waals surface area contributed by atoms with E-state index in [2.05, 4.69) is 52.0 Å². The molecule has 162 valence electrons. The van der Waals surface area contributed by atoms with Crippen LogP contribution >= 0.6 is 11.8 Å². The molecule has 0 radical (unpaired) electrons. The van der Waals surface area contributed by atoms with E-state index >= 15 is 0 Å². The van der Waals surface area contributed by atoms with Gasteiger partial charge in [-0.05, 0) is 43.2 Å². The fourth-order valence-electron chi connectivity index (χ4n) is 4.71. The van der Waals surface area contributed by atoms with E-state index < -0.39 is 0 Å². The van der Waals surface area contributed by atoms with Crippen LogP contribution in [0, 0.1) is 5.92 Å². The Hall–Kier alpha value is -2.33. The zero-order chi connectivity index (χ0) is 22.0. The van der Waals surface area contributed by atoms with E-state index in [-0.39, 0.29) is 11.2 Å². The van der Waals surface area contributed by atoms with Crippen molar-refractivity contribution in [1.82, 2.24) is 9.78 Å². The molecular weight excluding hydrogens is 400 g/mol. The second-order valence-electron chi connectivity index (χ2n) is 8.92. The Kier molecular flexibility index (Phi) is 6.66. The van der Waals surface area contributed by atoms with Crippen LogP contribution in [0.15, 0.2) is 65.6 Å². The summed E-state index contributed by atoms with van der Waals surface area (Å²) in [5.41, 5.74) is 4.51. The van der Waals surface area contributed by atoms with E-state index in [9.17, 15) is 4.79 Å². The van der Waals surface area contributed by atoms with Crippen molar-refractivity contribution in [2.75, 3.05) is 0 Å². The zero-order valence-electron chi connectivity index (χ0n) is 18.9. The highest BCUT2D eigenvalue weighted by Gasteiger charge is 2.36. The van der Waals surface area contributed by atoms with Crippen molar-refractivity contribution in [3.05, 3.63) is 71.9 Å². The molecule has 0 unspecified atom stereocenters. The lowest BCUT2D eigenvalue weighted by Crippen LogP contribution is -2.25. The predicted octanol–water partition coefficient (Wildman–Crippen LogP) is 7.40. The van der Waals surface area contributed by atoms with E-state index in [1.807, 2.05) is 36.4 Å². The summed E-state index contributed by atoms with van der Waals surface area (Å²) in [5.74, 6) is 1.40. The zero-order valence-corrected chi connectivity index (χ0v) is 19.7. The third-order valence-electron chi connectivity index (χ3n) is 6.43. The van der Waals surface area contributed by atoms with Gasteiger partial charge in [-0.25, -0.2) is 0 Å². The third-order valence-corrected chi connectivity index (χ3v) is 7.80. The Bertz CT molecular complexity index is 1030. The van der Waals surface area contributed by atoms with E-state index in [0.29, 0.717) is 17.8 Å². The SMILES string of the molecule is CC[C@@H](Sc1ccccc1)C(=O)n1nc2c(c1-c1ccccc1)[C@H](C)CC[C@H]2C(C)C. The molecule has 31 heavy (non-hydrogen) atoms. The van der Waals surface area contributed by atoms with Crippen LogP contribution in [0.1, 0.15) is 74.8 Å². The molecule has 0 saturated heterocycles. The number of benzene rings is 2. The minimum absolute atomic E-state index is 0.0827. The first-order chi connectivity index (χ1) is 15.0. The molecule has 0 amide bonds. The molecule has 0 spiro atoms. The van der Waals surface area contributed by atoms with Gasteiger partial charge in [0.05, 0.1) is 16.6 Å². The molecule has 0 bridgehead atoms. The number of nitrogens with zero attached hydrogens (tertiary/aromatic N) is 2. The molecule has 4 heteroatoms. The molecule has 3 aromatic rings. The van der Waals surface area contributed by atoms with Gasteiger partial charge >= 0.3 is 0 Å². The van der Waals surface area contributed by atoms with Crippen molar-refractivity contribution in [2.24, 2.45) is 5.92 Å². The van der Waals surface area contributed by atoms with Crippen molar-refractivity contribution >= 4 is 17.7 Å². The average Bonchev–Trinajstić information content (AvgIpc) is 3.19. The first-order valence-corrected chi connectivity index (χ1v) is 12.3. The molecule has 3 nitrogen and oxygen atoms in total. The number of carbonyl (C=O) groups excluding carboxylic acids is 1. The normalized spacial score (nSPS) is 19.3. The molecule has 1 aliphatic rings. The monoisotopic (exact) mass is 432 g/mol. The maximum absolute atomic E-state index is 13.9. The van der Waals surface area contributed by atoms with Gasteiger partial charge in [0.15, 0.2) is 0 Å². The molecule has 0 N–H and O–H groups in total. The van der Waals surface area contributed by atoms with Crippen molar-refractivity contribution in [3.8, 4) is 11.3 Å². The highest BCUT2D eigenvalue weighted by Crippen LogP contribution is 2.46. The summed E-state index contributed by atoms with van der Waals surface area (Å²) in [6.45, 7) is 8.92. The van der Waals surface area contributed by atoms with Gasteiger partial charge in [-0.15, -0.1) is 11.8 Å². The maximum Gasteiger partial charge on any atom is 0.260 e.